The number of allylic oxidation sites excluding steroid dienone is 1. The van der Waals surface area contributed by atoms with Crippen molar-refractivity contribution in [3.8, 4) is 0 Å². The summed E-state index contributed by atoms with van der Waals surface area (Å²) in [5.41, 5.74) is 0.457. The highest BCUT2D eigenvalue weighted by molar-refractivity contribution is 6.64. The van der Waals surface area contributed by atoms with Gasteiger partial charge in [0.2, 0.25) is 0 Å². The maximum Gasteiger partial charge on any atom is 0.645 e. The van der Waals surface area contributed by atoms with E-state index in [0.717, 1.165) is 25.7 Å². The Bertz CT molecular complexity index is 129. The van der Waals surface area contributed by atoms with Crippen LogP contribution in [-0.4, -0.2) is 9.08 Å². The molecule has 72 valence electrons. The average Bonchev–Trinajstić information content (AvgIpc) is 1.94. The quantitative estimate of drug-likeness (QED) is 0.343. The SMILES string of the molecule is CCCCCC/C=C/[Si](F)(F)F. The standard InChI is InChI=1S/C8H15F3Si/c1-2-3-4-5-6-7-8-12(9,10)11/h7-8H,2-6H2,1H3/b8-7+. The predicted octanol–water partition coefficient (Wildman–Crippen LogP) is 3.90. The predicted molar refractivity (Wildman–Crippen MR) is 47.0 cm³/mol. The lowest BCUT2D eigenvalue weighted by Crippen LogP contribution is -2.09. The van der Waals surface area contributed by atoms with Crippen molar-refractivity contribution in [2.45, 2.75) is 39.0 Å². The smallest absolute Gasteiger partial charge is 0.234 e. The summed E-state index contributed by atoms with van der Waals surface area (Å²) < 4.78 is 35.0. The van der Waals surface area contributed by atoms with Gasteiger partial charge in [-0.25, -0.2) is 12.3 Å². The van der Waals surface area contributed by atoms with Crippen LogP contribution in [0, 0.1) is 0 Å². The van der Waals surface area contributed by atoms with Crippen LogP contribution in [0.15, 0.2) is 11.8 Å². The second kappa shape index (κ2) is 6.28. The molecule has 0 unspecified atom stereocenters. The van der Waals surface area contributed by atoms with E-state index in [9.17, 15) is 12.3 Å². The summed E-state index contributed by atoms with van der Waals surface area (Å²) in [6.45, 7) is 2.08. The van der Waals surface area contributed by atoms with Gasteiger partial charge in [0, 0.05) is 0 Å². The molecule has 0 nitrogen and oxygen atoms in total. The number of halogens is 3. The summed E-state index contributed by atoms with van der Waals surface area (Å²) in [5, 5.41) is 0. The Morgan fingerprint density at radius 3 is 2.25 bits per heavy atom. The van der Waals surface area contributed by atoms with E-state index in [1.54, 1.807) is 0 Å². The summed E-state index contributed by atoms with van der Waals surface area (Å²) in [6, 6.07) is 0. The van der Waals surface area contributed by atoms with Crippen LogP contribution in [0.5, 0.6) is 0 Å². The number of hydrogen-bond donors (Lipinski definition) is 0. The van der Waals surface area contributed by atoms with Gasteiger partial charge < -0.3 is 0 Å². The fourth-order valence-corrected chi connectivity index (χ4v) is 1.34. The lowest BCUT2D eigenvalue weighted by atomic mass is 10.2. The van der Waals surface area contributed by atoms with Gasteiger partial charge in [0.1, 0.15) is 0 Å². The number of unbranched alkanes of at least 4 members (excludes halogenated alkanes) is 4. The molecule has 0 aromatic heterocycles. The van der Waals surface area contributed by atoms with E-state index in [4.69, 9.17) is 0 Å². The van der Waals surface area contributed by atoms with Crippen molar-refractivity contribution in [3.05, 3.63) is 11.8 Å². The zero-order valence-electron chi connectivity index (χ0n) is 7.32. The first kappa shape index (κ1) is 11.7. The van der Waals surface area contributed by atoms with Crippen LogP contribution >= 0.6 is 0 Å². The van der Waals surface area contributed by atoms with Crippen LogP contribution < -0.4 is 0 Å². The molecule has 0 aliphatic heterocycles. The van der Waals surface area contributed by atoms with Crippen molar-refractivity contribution in [3.63, 3.8) is 0 Å². The molecule has 0 aromatic rings. The van der Waals surface area contributed by atoms with Gasteiger partial charge in [0.15, 0.2) is 0 Å². The zero-order valence-corrected chi connectivity index (χ0v) is 8.32. The molecule has 0 aliphatic rings. The molecular formula is C8H15F3Si. The van der Waals surface area contributed by atoms with Crippen LogP contribution in [0.4, 0.5) is 12.3 Å². The minimum Gasteiger partial charge on any atom is -0.234 e. The lowest BCUT2D eigenvalue weighted by molar-refractivity contribution is 0.498. The molecule has 0 bridgehead atoms. The van der Waals surface area contributed by atoms with Crippen LogP contribution in [0.1, 0.15) is 39.0 Å². The van der Waals surface area contributed by atoms with Crippen molar-refractivity contribution >= 4 is 9.08 Å². The van der Waals surface area contributed by atoms with Gasteiger partial charge in [0.05, 0.1) is 0 Å². The highest BCUT2D eigenvalue weighted by atomic mass is 28.5. The Labute approximate surface area is 73.0 Å². The summed E-state index contributed by atoms with van der Waals surface area (Å²) >= 11 is 0. The van der Waals surface area contributed by atoms with E-state index in [-0.39, 0.29) is 0 Å². The van der Waals surface area contributed by atoms with E-state index in [0.29, 0.717) is 12.1 Å². The highest BCUT2D eigenvalue weighted by Gasteiger charge is 2.31. The minimum absolute atomic E-state index is 0.457. The van der Waals surface area contributed by atoms with E-state index >= 15 is 0 Å². The first-order valence-electron chi connectivity index (χ1n) is 4.30. The minimum atomic E-state index is -5.41. The van der Waals surface area contributed by atoms with Gasteiger partial charge in [-0.05, 0) is 18.5 Å². The molecule has 0 spiro atoms. The van der Waals surface area contributed by atoms with Gasteiger partial charge in [-0.15, -0.1) is 0 Å². The summed E-state index contributed by atoms with van der Waals surface area (Å²) in [6.07, 6.45) is 6.01. The molecule has 0 amide bonds. The molecule has 0 aliphatic carbocycles. The molecule has 0 saturated heterocycles. The fraction of sp³-hybridized carbons (Fsp3) is 0.750. The summed E-state index contributed by atoms with van der Waals surface area (Å²) in [4.78, 5) is 0. The number of rotatable bonds is 6. The van der Waals surface area contributed by atoms with Crippen molar-refractivity contribution in [2.24, 2.45) is 0 Å². The van der Waals surface area contributed by atoms with Crippen LogP contribution in [0.25, 0.3) is 0 Å². The largest absolute Gasteiger partial charge is 0.645 e. The van der Waals surface area contributed by atoms with Crippen LogP contribution in [0.2, 0.25) is 0 Å². The molecule has 0 heterocycles. The van der Waals surface area contributed by atoms with E-state index < -0.39 is 9.08 Å². The van der Waals surface area contributed by atoms with E-state index in [1.807, 2.05) is 0 Å². The average molecular weight is 196 g/mol. The number of hydrogen-bond acceptors (Lipinski definition) is 0. The summed E-state index contributed by atoms with van der Waals surface area (Å²) in [5.74, 6) is 0. The maximum atomic E-state index is 11.7. The van der Waals surface area contributed by atoms with E-state index in [2.05, 4.69) is 6.92 Å². The molecule has 4 heteroatoms. The Hall–Kier alpha value is -0.253. The first-order chi connectivity index (χ1) is 5.56. The zero-order chi connectivity index (χ0) is 9.45. The van der Waals surface area contributed by atoms with Gasteiger partial charge in [-0.2, -0.15) is 0 Å². The molecule has 0 saturated carbocycles. The molecule has 0 fully saturated rings. The van der Waals surface area contributed by atoms with Gasteiger partial charge in [0.25, 0.3) is 0 Å². The van der Waals surface area contributed by atoms with Crippen molar-refractivity contribution in [2.75, 3.05) is 0 Å². The Balaban J connectivity index is 3.25. The first-order valence-corrected chi connectivity index (χ1v) is 6.02. The maximum absolute atomic E-state index is 11.7. The molecule has 0 N–H and O–H groups in total. The Kier molecular flexibility index (Phi) is 6.15. The molecule has 0 radical (unpaired) electrons. The van der Waals surface area contributed by atoms with Crippen molar-refractivity contribution in [1.29, 1.82) is 0 Å². The van der Waals surface area contributed by atoms with Crippen molar-refractivity contribution < 1.29 is 12.3 Å². The van der Waals surface area contributed by atoms with Gasteiger partial charge in [-0.1, -0.05) is 32.3 Å². The Morgan fingerprint density at radius 1 is 1.08 bits per heavy atom. The van der Waals surface area contributed by atoms with Gasteiger partial charge in [-0.3, -0.25) is 0 Å². The third-order valence-electron chi connectivity index (χ3n) is 1.53. The highest BCUT2D eigenvalue weighted by Crippen LogP contribution is 2.11. The van der Waals surface area contributed by atoms with E-state index in [1.165, 1.54) is 6.08 Å². The molecule has 12 heavy (non-hydrogen) atoms. The lowest BCUT2D eigenvalue weighted by Gasteiger charge is -1.95. The molecule has 0 aromatic carbocycles. The van der Waals surface area contributed by atoms with Crippen molar-refractivity contribution in [1.82, 2.24) is 0 Å². The molecular weight excluding hydrogens is 181 g/mol. The fourth-order valence-electron chi connectivity index (χ4n) is 0.906. The van der Waals surface area contributed by atoms with Gasteiger partial charge >= 0.3 is 9.08 Å². The molecule has 0 atom stereocenters. The van der Waals surface area contributed by atoms with Crippen LogP contribution in [0.3, 0.4) is 0 Å². The van der Waals surface area contributed by atoms with Crippen LogP contribution in [-0.2, 0) is 0 Å². The second-order valence-electron chi connectivity index (χ2n) is 2.79. The topological polar surface area (TPSA) is 0 Å². The normalized spacial score (nSPS) is 12.7. The molecule has 0 rings (SSSR count). The second-order valence-corrected chi connectivity index (χ2v) is 4.21. The third kappa shape index (κ3) is 9.75. The third-order valence-corrected chi connectivity index (χ3v) is 2.14. The summed E-state index contributed by atoms with van der Waals surface area (Å²) in [7, 11) is -5.41. The Morgan fingerprint density at radius 2 is 1.75 bits per heavy atom. The monoisotopic (exact) mass is 196 g/mol.